The van der Waals surface area contributed by atoms with Crippen LogP contribution in [0.5, 0.6) is 0 Å². The van der Waals surface area contributed by atoms with Crippen molar-refractivity contribution in [3.8, 4) is 0 Å². The topological polar surface area (TPSA) is 40.5 Å². The number of thioether (sulfide) groups is 1. The molecular formula is C12H22O2S. The molecule has 1 aliphatic heterocycles. The first kappa shape index (κ1) is 11.7. The van der Waals surface area contributed by atoms with E-state index in [-0.39, 0.29) is 12.0 Å². The minimum atomic E-state index is -0.592. The smallest absolute Gasteiger partial charge is 0.0815 e. The van der Waals surface area contributed by atoms with Crippen LogP contribution in [-0.2, 0) is 0 Å². The number of aliphatic hydroxyl groups excluding tert-OH is 1. The predicted octanol–water partition coefficient (Wildman–Crippen LogP) is 2.19. The summed E-state index contributed by atoms with van der Waals surface area (Å²) >= 11 is 1.85. The molecule has 0 radical (unpaired) electrons. The van der Waals surface area contributed by atoms with Crippen LogP contribution in [0.15, 0.2) is 0 Å². The Morgan fingerprint density at radius 3 is 2.27 bits per heavy atom. The lowest BCUT2D eigenvalue weighted by Crippen LogP contribution is -2.54. The molecule has 2 fully saturated rings. The molecule has 0 aromatic rings. The van der Waals surface area contributed by atoms with Gasteiger partial charge in [-0.2, -0.15) is 11.8 Å². The molecule has 1 heterocycles. The third-order valence-corrected chi connectivity index (χ3v) is 5.58. The number of hydrogen-bond donors (Lipinski definition) is 2. The lowest BCUT2D eigenvalue weighted by molar-refractivity contribution is -0.118. The van der Waals surface area contributed by atoms with Crippen LogP contribution in [0, 0.1) is 5.41 Å². The van der Waals surface area contributed by atoms with Crippen LogP contribution >= 0.6 is 11.8 Å². The van der Waals surface area contributed by atoms with E-state index in [2.05, 4.69) is 0 Å². The summed E-state index contributed by atoms with van der Waals surface area (Å²) in [7, 11) is 0. The van der Waals surface area contributed by atoms with Gasteiger partial charge in [-0.25, -0.2) is 0 Å². The zero-order valence-electron chi connectivity index (χ0n) is 9.37. The van der Waals surface area contributed by atoms with Crippen molar-refractivity contribution in [2.75, 3.05) is 18.1 Å². The normalized spacial score (nSPS) is 36.4. The Morgan fingerprint density at radius 2 is 1.73 bits per heavy atom. The predicted molar refractivity (Wildman–Crippen MR) is 64.1 cm³/mol. The highest BCUT2D eigenvalue weighted by atomic mass is 32.2. The van der Waals surface area contributed by atoms with E-state index in [0.29, 0.717) is 0 Å². The van der Waals surface area contributed by atoms with Crippen LogP contribution in [-0.4, -0.2) is 33.9 Å². The van der Waals surface area contributed by atoms with Gasteiger partial charge in [0, 0.05) is 11.2 Å². The van der Waals surface area contributed by atoms with Gasteiger partial charge in [0.25, 0.3) is 0 Å². The SMILES string of the molecule is OCC1(C2(O)CCCSC2)CCCCC1. The molecule has 1 saturated heterocycles. The number of rotatable bonds is 2. The van der Waals surface area contributed by atoms with Gasteiger partial charge in [-0.05, 0) is 31.4 Å². The van der Waals surface area contributed by atoms with Crippen molar-refractivity contribution in [1.82, 2.24) is 0 Å². The van der Waals surface area contributed by atoms with Gasteiger partial charge >= 0.3 is 0 Å². The third kappa shape index (κ3) is 2.06. The summed E-state index contributed by atoms with van der Waals surface area (Å²) in [5.41, 5.74) is -0.774. The molecule has 2 rings (SSSR count). The minimum Gasteiger partial charge on any atom is -0.396 e. The Balaban J connectivity index is 2.15. The van der Waals surface area contributed by atoms with E-state index in [9.17, 15) is 10.2 Å². The lowest BCUT2D eigenvalue weighted by Gasteiger charge is -2.50. The van der Waals surface area contributed by atoms with Crippen molar-refractivity contribution in [3.05, 3.63) is 0 Å². The molecule has 0 aromatic heterocycles. The first-order valence-electron chi connectivity index (χ1n) is 6.13. The molecule has 1 aliphatic carbocycles. The largest absolute Gasteiger partial charge is 0.396 e. The first-order valence-corrected chi connectivity index (χ1v) is 7.29. The van der Waals surface area contributed by atoms with E-state index in [4.69, 9.17) is 0 Å². The molecule has 2 N–H and O–H groups in total. The molecule has 2 nitrogen and oxygen atoms in total. The highest BCUT2D eigenvalue weighted by molar-refractivity contribution is 7.99. The Bertz CT molecular complexity index is 206. The second-order valence-corrected chi connectivity index (χ2v) is 6.29. The Hall–Kier alpha value is 0.270. The molecule has 3 heteroatoms. The Labute approximate surface area is 96.5 Å². The molecule has 0 spiro atoms. The second kappa shape index (κ2) is 4.64. The van der Waals surface area contributed by atoms with E-state index in [1.165, 1.54) is 25.0 Å². The monoisotopic (exact) mass is 230 g/mol. The average molecular weight is 230 g/mol. The Morgan fingerprint density at radius 1 is 1.00 bits per heavy atom. The molecule has 88 valence electrons. The van der Waals surface area contributed by atoms with Gasteiger partial charge in [-0.3, -0.25) is 0 Å². The van der Waals surface area contributed by atoms with Crippen molar-refractivity contribution in [3.63, 3.8) is 0 Å². The minimum absolute atomic E-state index is 0.171. The summed E-state index contributed by atoms with van der Waals surface area (Å²) in [6.45, 7) is 0.171. The highest BCUT2D eigenvalue weighted by Crippen LogP contribution is 2.49. The van der Waals surface area contributed by atoms with E-state index in [1.54, 1.807) is 0 Å². The van der Waals surface area contributed by atoms with Crippen LogP contribution in [0.4, 0.5) is 0 Å². The lowest BCUT2D eigenvalue weighted by atomic mass is 9.63. The molecular weight excluding hydrogens is 208 g/mol. The molecule has 15 heavy (non-hydrogen) atoms. The maximum Gasteiger partial charge on any atom is 0.0815 e. The third-order valence-electron chi connectivity index (χ3n) is 4.32. The fourth-order valence-electron chi connectivity index (χ4n) is 3.20. The summed E-state index contributed by atoms with van der Waals surface area (Å²) in [5, 5.41) is 20.5. The van der Waals surface area contributed by atoms with Crippen molar-refractivity contribution >= 4 is 11.8 Å². The number of aliphatic hydroxyl groups is 2. The maximum atomic E-state index is 10.8. The van der Waals surface area contributed by atoms with Gasteiger partial charge in [0.15, 0.2) is 0 Å². The average Bonchev–Trinajstić information content (AvgIpc) is 2.31. The van der Waals surface area contributed by atoms with Crippen LogP contribution in [0.3, 0.4) is 0 Å². The quantitative estimate of drug-likeness (QED) is 0.764. The van der Waals surface area contributed by atoms with E-state index >= 15 is 0 Å². The van der Waals surface area contributed by atoms with Crippen molar-refractivity contribution in [2.24, 2.45) is 5.41 Å². The molecule has 1 unspecified atom stereocenters. The summed E-state index contributed by atoms with van der Waals surface area (Å²) in [6, 6.07) is 0. The van der Waals surface area contributed by atoms with Gasteiger partial charge in [0.05, 0.1) is 12.2 Å². The van der Waals surface area contributed by atoms with Gasteiger partial charge in [0.1, 0.15) is 0 Å². The molecule has 0 amide bonds. The van der Waals surface area contributed by atoms with E-state index in [0.717, 1.165) is 31.4 Å². The molecule has 1 saturated carbocycles. The number of hydrogen-bond acceptors (Lipinski definition) is 3. The molecule has 1 atom stereocenters. The Kier molecular flexibility index (Phi) is 3.63. The fourth-order valence-corrected chi connectivity index (χ4v) is 4.48. The van der Waals surface area contributed by atoms with Crippen molar-refractivity contribution in [1.29, 1.82) is 0 Å². The second-order valence-electron chi connectivity index (χ2n) is 5.19. The summed E-state index contributed by atoms with van der Waals surface area (Å²) < 4.78 is 0. The summed E-state index contributed by atoms with van der Waals surface area (Å²) in [6.07, 6.45) is 7.64. The van der Waals surface area contributed by atoms with E-state index in [1.807, 2.05) is 11.8 Å². The highest BCUT2D eigenvalue weighted by Gasteiger charge is 2.50. The standard InChI is InChI=1S/C12H22O2S/c13-9-11(5-2-1-3-6-11)12(14)7-4-8-15-10-12/h13-14H,1-10H2. The maximum absolute atomic E-state index is 10.8. The molecule has 0 bridgehead atoms. The van der Waals surface area contributed by atoms with Crippen LogP contribution < -0.4 is 0 Å². The summed E-state index contributed by atoms with van der Waals surface area (Å²) in [5.74, 6) is 2.00. The van der Waals surface area contributed by atoms with Gasteiger partial charge in [-0.15, -0.1) is 0 Å². The van der Waals surface area contributed by atoms with Crippen molar-refractivity contribution < 1.29 is 10.2 Å². The van der Waals surface area contributed by atoms with E-state index < -0.39 is 5.60 Å². The van der Waals surface area contributed by atoms with Crippen LogP contribution in [0.1, 0.15) is 44.9 Å². The summed E-state index contributed by atoms with van der Waals surface area (Å²) in [4.78, 5) is 0. The van der Waals surface area contributed by atoms with Crippen LogP contribution in [0.2, 0.25) is 0 Å². The molecule has 0 aromatic carbocycles. The zero-order chi connectivity index (χ0) is 10.8. The molecule has 2 aliphatic rings. The van der Waals surface area contributed by atoms with Gasteiger partial charge < -0.3 is 10.2 Å². The fraction of sp³-hybridized carbons (Fsp3) is 1.00. The van der Waals surface area contributed by atoms with Crippen LogP contribution in [0.25, 0.3) is 0 Å². The zero-order valence-corrected chi connectivity index (χ0v) is 10.2. The van der Waals surface area contributed by atoms with Crippen molar-refractivity contribution in [2.45, 2.75) is 50.5 Å². The van der Waals surface area contributed by atoms with Gasteiger partial charge in [-0.1, -0.05) is 19.3 Å². The first-order chi connectivity index (χ1) is 7.22. The van der Waals surface area contributed by atoms with Gasteiger partial charge in [0.2, 0.25) is 0 Å².